The summed E-state index contributed by atoms with van der Waals surface area (Å²) in [6, 6.07) is 3.05. The molecule has 3 N–H and O–H groups in total. The van der Waals surface area contributed by atoms with E-state index >= 15 is 0 Å². The highest BCUT2D eigenvalue weighted by Crippen LogP contribution is 2.38. The standard InChI is InChI=1S/C13H17BrFNO.ClH/c14-10-7-6-9(13(17)11(10)15)12(16)8-4-2-1-3-5-8;/h6-8,12,17H,1-5,16H2;1H/t12-;/m1./s1. The average Bonchev–Trinajstić information content (AvgIpc) is 2.36. The highest BCUT2D eigenvalue weighted by Gasteiger charge is 2.25. The molecule has 0 radical (unpaired) electrons. The summed E-state index contributed by atoms with van der Waals surface area (Å²) in [4.78, 5) is 0. The lowest BCUT2D eigenvalue weighted by molar-refractivity contribution is 0.300. The first-order chi connectivity index (χ1) is 8.11. The van der Waals surface area contributed by atoms with Gasteiger partial charge in [0.15, 0.2) is 11.6 Å². The minimum absolute atomic E-state index is 0. The van der Waals surface area contributed by atoms with E-state index in [1.165, 1.54) is 19.3 Å². The fraction of sp³-hybridized carbons (Fsp3) is 0.538. The Morgan fingerprint density at radius 1 is 1.28 bits per heavy atom. The van der Waals surface area contributed by atoms with Crippen LogP contribution < -0.4 is 5.73 Å². The number of aromatic hydroxyl groups is 1. The Hall–Kier alpha value is -0.320. The summed E-state index contributed by atoms with van der Waals surface area (Å²) in [6.07, 6.45) is 5.75. The molecule has 0 spiro atoms. The first-order valence-corrected chi connectivity index (χ1v) is 6.83. The van der Waals surface area contributed by atoms with Gasteiger partial charge < -0.3 is 10.8 Å². The van der Waals surface area contributed by atoms with Gasteiger partial charge in [-0.25, -0.2) is 4.39 Å². The van der Waals surface area contributed by atoms with Gasteiger partial charge >= 0.3 is 0 Å². The Morgan fingerprint density at radius 3 is 2.50 bits per heavy atom. The summed E-state index contributed by atoms with van der Waals surface area (Å²) in [6.45, 7) is 0. The van der Waals surface area contributed by atoms with Crippen LogP contribution in [0.3, 0.4) is 0 Å². The minimum atomic E-state index is -0.617. The van der Waals surface area contributed by atoms with Gasteiger partial charge in [0.25, 0.3) is 0 Å². The number of hydrogen-bond acceptors (Lipinski definition) is 2. The van der Waals surface area contributed by atoms with Crippen LogP contribution in [0.1, 0.15) is 43.7 Å². The van der Waals surface area contributed by atoms with Gasteiger partial charge in [-0.3, -0.25) is 0 Å². The van der Waals surface area contributed by atoms with E-state index in [1.54, 1.807) is 12.1 Å². The lowest BCUT2D eigenvalue weighted by Gasteiger charge is -2.28. The summed E-state index contributed by atoms with van der Waals surface area (Å²) < 4.78 is 13.8. The fourth-order valence-electron chi connectivity index (χ4n) is 2.57. The monoisotopic (exact) mass is 337 g/mol. The van der Waals surface area contributed by atoms with E-state index in [4.69, 9.17) is 5.73 Å². The number of nitrogens with two attached hydrogens (primary N) is 1. The molecule has 0 aliphatic heterocycles. The van der Waals surface area contributed by atoms with Crippen LogP contribution >= 0.6 is 28.3 Å². The Bertz CT molecular complexity index is 410. The molecular weight excluding hydrogens is 321 g/mol. The maximum atomic E-state index is 13.6. The van der Waals surface area contributed by atoms with Crippen LogP contribution in [0.25, 0.3) is 0 Å². The van der Waals surface area contributed by atoms with Gasteiger partial charge in [-0.05, 0) is 40.8 Å². The number of halogens is 3. The second-order valence-electron chi connectivity index (χ2n) is 4.72. The van der Waals surface area contributed by atoms with Crippen LogP contribution in [0.5, 0.6) is 5.75 Å². The molecule has 2 nitrogen and oxygen atoms in total. The van der Waals surface area contributed by atoms with E-state index < -0.39 is 5.82 Å². The maximum Gasteiger partial charge on any atom is 0.179 e. The van der Waals surface area contributed by atoms with Crippen LogP contribution in [0.15, 0.2) is 16.6 Å². The molecule has 2 rings (SSSR count). The van der Waals surface area contributed by atoms with Crippen molar-refractivity contribution in [3.63, 3.8) is 0 Å². The summed E-state index contributed by atoms with van der Waals surface area (Å²) in [5.74, 6) is -0.568. The SMILES string of the molecule is Cl.N[C@@H](c1ccc(Br)c(F)c1O)C1CCCCC1. The quantitative estimate of drug-likeness (QED) is 0.844. The lowest BCUT2D eigenvalue weighted by atomic mass is 9.81. The minimum Gasteiger partial charge on any atom is -0.505 e. The van der Waals surface area contributed by atoms with Crippen molar-refractivity contribution in [2.24, 2.45) is 11.7 Å². The molecule has 1 atom stereocenters. The molecule has 0 aromatic heterocycles. The predicted molar refractivity (Wildman–Crippen MR) is 76.5 cm³/mol. The Balaban J connectivity index is 0.00000162. The summed E-state index contributed by atoms with van der Waals surface area (Å²) in [7, 11) is 0. The zero-order valence-corrected chi connectivity index (χ0v) is 12.4. The zero-order chi connectivity index (χ0) is 12.4. The molecule has 0 amide bonds. The van der Waals surface area contributed by atoms with Gasteiger partial charge in [0.05, 0.1) is 4.47 Å². The third-order valence-corrected chi connectivity index (χ3v) is 4.23. The number of benzene rings is 1. The van der Waals surface area contributed by atoms with Gasteiger partial charge in [-0.15, -0.1) is 12.4 Å². The van der Waals surface area contributed by atoms with Crippen molar-refractivity contribution in [3.05, 3.63) is 28.0 Å². The second-order valence-corrected chi connectivity index (χ2v) is 5.58. The van der Waals surface area contributed by atoms with E-state index in [0.717, 1.165) is 12.8 Å². The van der Waals surface area contributed by atoms with Crippen LogP contribution in [-0.4, -0.2) is 5.11 Å². The van der Waals surface area contributed by atoms with Crippen molar-refractivity contribution >= 4 is 28.3 Å². The molecule has 18 heavy (non-hydrogen) atoms. The van der Waals surface area contributed by atoms with Crippen molar-refractivity contribution in [3.8, 4) is 5.75 Å². The largest absolute Gasteiger partial charge is 0.505 e. The van der Waals surface area contributed by atoms with Crippen LogP contribution in [0.4, 0.5) is 4.39 Å². The van der Waals surface area contributed by atoms with Gasteiger partial charge in [0.1, 0.15) is 0 Å². The fourth-order valence-corrected chi connectivity index (χ4v) is 2.89. The third kappa shape index (κ3) is 3.16. The van der Waals surface area contributed by atoms with Crippen LogP contribution in [-0.2, 0) is 0 Å². The zero-order valence-electron chi connectivity index (χ0n) is 10.0. The van der Waals surface area contributed by atoms with Gasteiger partial charge in [-0.1, -0.05) is 25.3 Å². The summed E-state index contributed by atoms with van der Waals surface area (Å²) in [5.41, 5.74) is 6.67. The first-order valence-electron chi connectivity index (χ1n) is 6.03. The van der Waals surface area contributed by atoms with Crippen molar-refractivity contribution in [1.82, 2.24) is 0 Å². The number of phenolic OH excluding ortho intramolecular Hbond substituents is 1. The van der Waals surface area contributed by atoms with E-state index in [0.29, 0.717) is 11.5 Å². The van der Waals surface area contributed by atoms with Crippen molar-refractivity contribution in [2.75, 3.05) is 0 Å². The highest BCUT2D eigenvalue weighted by molar-refractivity contribution is 9.10. The molecule has 0 heterocycles. The smallest absolute Gasteiger partial charge is 0.179 e. The number of phenols is 1. The van der Waals surface area contributed by atoms with Crippen LogP contribution in [0.2, 0.25) is 0 Å². The van der Waals surface area contributed by atoms with Crippen molar-refractivity contribution in [1.29, 1.82) is 0 Å². The van der Waals surface area contributed by atoms with Gasteiger partial charge in [-0.2, -0.15) is 0 Å². The van der Waals surface area contributed by atoms with Crippen LogP contribution in [0, 0.1) is 11.7 Å². The highest BCUT2D eigenvalue weighted by atomic mass is 79.9. The molecule has 0 bridgehead atoms. The van der Waals surface area contributed by atoms with Crippen molar-refractivity contribution in [2.45, 2.75) is 38.1 Å². The molecule has 102 valence electrons. The average molecular weight is 339 g/mol. The van der Waals surface area contributed by atoms with E-state index in [2.05, 4.69) is 15.9 Å². The first kappa shape index (κ1) is 15.7. The normalized spacial score (nSPS) is 18.2. The molecule has 1 aromatic rings. The molecule has 0 unspecified atom stereocenters. The molecule has 1 saturated carbocycles. The van der Waals surface area contributed by atoms with Gasteiger partial charge in [0.2, 0.25) is 0 Å². The molecular formula is C13H18BrClFNO. The van der Waals surface area contributed by atoms with E-state index in [1.807, 2.05) is 0 Å². The summed E-state index contributed by atoms with van der Waals surface area (Å²) in [5, 5.41) is 9.79. The van der Waals surface area contributed by atoms with E-state index in [-0.39, 0.29) is 28.7 Å². The van der Waals surface area contributed by atoms with Gasteiger partial charge in [0, 0.05) is 11.6 Å². The molecule has 1 aliphatic rings. The molecule has 0 saturated heterocycles. The Morgan fingerprint density at radius 2 is 1.89 bits per heavy atom. The molecule has 1 aromatic carbocycles. The topological polar surface area (TPSA) is 46.2 Å². The third-order valence-electron chi connectivity index (χ3n) is 3.62. The second kappa shape index (κ2) is 6.73. The molecule has 1 fully saturated rings. The number of hydrogen-bond donors (Lipinski definition) is 2. The molecule has 5 heteroatoms. The van der Waals surface area contributed by atoms with Crippen molar-refractivity contribution < 1.29 is 9.50 Å². The lowest BCUT2D eigenvalue weighted by Crippen LogP contribution is -2.23. The Kier molecular flexibility index (Phi) is 5.89. The number of rotatable bonds is 2. The van der Waals surface area contributed by atoms with E-state index in [9.17, 15) is 9.50 Å². The summed E-state index contributed by atoms with van der Waals surface area (Å²) >= 11 is 3.05. The maximum absolute atomic E-state index is 13.6. The Labute approximate surface area is 121 Å². The molecule has 1 aliphatic carbocycles. The predicted octanol–water partition coefficient (Wildman–Crippen LogP) is 4.30.